The fourth-order valence-electron chi connectivity index (χ4n) is 2.47. The van der Waals surface area contributed by atoms with Crippen LogP contribution in [0.2, 0.25) is 0 Å². The molecule has 0 saturated carbocycles. The second-order valence-electron chi connectivity index (χ2n) is 5.63. The lowest BCUT2D eigenvalue weighted by molar-refractivity contribution is 0.0954. The molecule has 0 atom stereocenters. The zero-order valence-electron chi connectivity index (χ0n) is 13.7. The van der Waals surface area contributed by atoms with Crippen molar-refractivity contribution in [3.63, 3.8) is 0 Å². The van der Waals surface area contributed by atoms with Crippen LogP contribution in [0.1, 0.15) is 29.3 Å². The number of hydrogen-bond acceptors (Lipinski definition) is 3. The van der Waals surface area contributed by atoms with E-state index in [1.165, 1.54) is 5.56 Å². The van der Waals surface area contributed by atoms with Crippen molar-refractivity contribution in [2.75, 3.05) is 13.2 Å². The fourth-order valence-corrected chi connectivity index (χ4v) is 2.47. The first-order valence-corrected chi connectivity index (χ1v) is 8.19. The number of carbonyl (C=O) groups is 1. The Balaban J connectivity index is 1.51. The van der Waals surface area contributed by atoms with Gasteiger partial charge in [-0.15, -0.1) is 0 Å². The standard InChI is InChI=1S/C19H21N3O2/c1-2-11-24-16-6-3-14(4-7-16)9-10-20-19(23)15-5-8-17-18(12-15)22-13-21-17/h3-8,12-13H,2,9-11H2,1H3,(H,20,23)(H,21,22). The molecule has 3 aromatic rings. The van der Waals surface area contributed by atoms with E-state index in [-0.39, 0.29) is 5.91 Å². The van der Waals surface area contributed by atoms with Crippen molar-refractivity contribution >= 4 is 16.9 Å². The van der Waals surface area contributed by atoms with Crippen LogP contribution in [0.25, 0.3) is 11.0 Å². The molecule has 2 N–H and O–H groups in total. The maximum absolute atomic E-state index is 12.2. The number of benzene rings is 2. The van der Waals surface area contributed by atoms with Gasteiger partial charge in [0, 0.05) is 12.1 Å². The predicted molar refractivity (Wildman–Crippen MR) is 94.4 cm³/mol. The van der Waals surface area contributed by atoms with E-state index in [1.807, 2.05) is 36.4 Å². The minimum absolute atomic E-state index is 0.0746. The van der Waals surface area contributed by atoms with E-state index in [9.17, 15) is 4.79 Å². The Morgan fingerprint density at radius 1 is 1.21 bits per heavy atom. The van der Waals surface area contributed by atoms with E-state index >= 15 is 0 Å². The third-order valence-electron chi connectivity index (χ3n) is 3.78. The molecule has 0 aliphatic rings. The van der Waals surface area contributed by atoms with Gasteiger partial charge in [0.05, 0.1) is 24.0 Å². The molecule has 24 heavy (non-hydrogen) atoms. The molecule has 5 nitrogen and oxygen atoms in total. The van der Waals surface area contributed by atoms with Crippen LogP contribution in [0.4, 0.5) is 0 Å². The van der Waals surface area contributed by atoms with Crippen LogP contribution >= 0.6 is 0 Å². The number of hydrogen-bond donors (Lipinski definition) is 2. The summed E-state index contributed by atoms with van der Waals surface area (Å²) in [6, 6.07) is 13.5. The van der Waals surface area contributed by atoms with Crippen molar-refractivity contribution in [2.45, 2.75) is 19.8 Å². The first kappa shape index (κ1) is 16.1. The summed E-state index contributed by atoms with van der Waals surface area (Å²) in [4.78, 5) is 19.4. The average molecular weight is 323 g/mol. The van der Waals surface area contributed by atoms with Gasteiger partial charge in [0.1, 0.15) is 5.75 Å². The number of imidazole rings is 1. The molecule has 3 rings (SSSR count). The molecular formula is C19H21N3O2. The van der Waals surface area contributed by atoms with E-state index in [0.717, 1.165) is 36.2 Å². The molecule has 1 aromatic heterocycles. The van der Waals surface area contributed by atoms with Crippen molar-refractivity contribution in [2.24, 2.45) is 0 Å². The highest BCUT2D eigenvalue weighted by atomic mass is 16.5. The van der Waals surface area contributed by atoms with Crippen LogP contribution < -0.4 is 10.1 Å². The Morgan fingerprint density at radius 2 is 2.04 bits per heavy atom. The Kier molecular flexibility index (Phi) is 5.11. The SMILES string of the molecule is CCCOc1ccc(CCNC(=O)c2ccc3nc[nH]c3c2)cc1. The van der Waals surface area contributed by atoms with Crippen molar-refractivity contribution in [3.05, 3.63) is 59.9 Å². The molecular weight excluding hydrogens is 302 g/mol. The molecule has 1 heterocycles. The molecule has 0 bridgehead atoms. The molecule has 0 aliphatic heterocycles. The number of aromatic amines is 1. The monoisotopic (exact) mass is 323 g/mol. The number of nitrogens with one attached hydrogen (secondary N) is 2. The topological polar surface area (TPSA) is 67.0 Å². The van der Waals surface area contributed by atoms with E-state index in [2.05, 4.69) is 22.2 Å². The van der Waals surface area contributed by atoms with Gasteiger partial charge in [0.25, 0.3) is 5.91 Å². The molecule has 124 valence electrons. The lowest BCUT2D eigenvalue weighted by Gasteiger charge is -2.07. The van der Waals surface area contributed by atoms with Gasteiger partial charge in [-0.3, -0.25) is 4.79 Å². The van der Waals surface area contributed by atoms with E-state index in [4.69, 9.17) is 4.74 Å². The molecule has 0 spiro atoms. The molecule has 2 aromatic carbocycles. The maximum atomic E-state index is 12.2. The number of H-pyrrole nitrogens is 1. The van der Waals surface area contributed by atoms with E-state index in [1.54, 1.807) is 12.4 Å². The number of rotatable bonds is 7. The normalized spacial score (nSPS) is 10.7. The molecule has 0 radical (unpaired) electrons. The molecule has 1 amide bonds. The second-order valence-corrected chi connectivity index (χ2v) is 5.63. The first-order chi connectivity index (χ1) is 11.8. The molecule has 0 aliphatic carbocycles. The smallest absolute Gasteiger partial charge is 0.251 e. The molecule has 5 heteroatoms. The number of fused-ring (bicyclic) bond motifs is 1. The van der Waals surface area contributed by atoms with E-state index in [0.29, 0.717) is 12.1 Å². The summed E-state index contributed by atoms with van der Waals surface area (Å²) >= 11 is 0. The molecule has 0 fully saturated rings. The highest BCUT2D eigenvalue weighted by Crippen LogP contribution is 2.13. The van der Waals surface area contributed by atoms with Gasteiger partial charge in [-0.05, 0) is 48.7 Å². The van der Waals surface area contributed by atoms with Crippen LogP contribution in [0.15, 0.2) is 48.8 Å². The summed E-state index contributed by atoms with van der Waals surface area (Å²) in [5.74, 6) is 0.812. The zero-order chi connectivity index (χ0) is 16.8. The summed E-state index contributed by atoms with van der Waals surface area (Å²) in [7, 11) is 0. The van der Waals surface area contributed by atoms with Crippen LogP contribution in [-0.4, -0.2) is 29.0 Å². The number of nitrogens with zero attached hydrogens (tertiary/aromatic N) is 1. The quantitative estimate of drug-likeness (QED) is 0.701. The number of ether oxygens (including phenoxy) is 1. The highest BCUT2D eigenvalue weighted by molar-refractivity contribution is 5.97. The molecule has 0 unspecified atom stereocenters. The van der Waals surface area contributed by atoms with Crippen molar-refractivity contribution in [1.82, 2.24) is 15.3 Å². The van der Waals surface area contributed by atoms with Gasteiger partial charge >= 0.3 is 0 Å². The lowest BCUT2D eigenvalue weighted by atomic mass is 10.1. The van der Waals surface area contributed by atoms with Gasteiger partial charge < -0.3 is 15.0 Å². The van der Waals surface area contributed by atoms with Gasteiger partial charge in [0.15, 0.2) is 0 Å². The lowest BCUT2D eigenvalue weighted by Crippen LogP contribution is -2.25. The zero-order valence-corrected chi connectivity index (χ0v) is 13.7. The molecule has 0 saturated heterocycles. The maximum Gasteiger partial charge on any atom is 0.251 e. The largest absolute Gasteiger partial charge is 0.494 e. The highest BCUT2D eigenvalue weighted by Gasteiger charge is 2.07. The Hall–Kier alpha value is -2.82. The average Bonchev–Trinajstić information content (AvgIpc) is 3.08. The number of aromatic nitrogens is 2. The Morgan fingerprint density at radius 3 is 2.83 bits per heavy atom. The third-order valence-corrected chi connectivity index (χ3v) is 3.78. The number of amides is 1. The summed E-state index contributed by atoms with van der Waals surface area (Å²) in [6.45, 7) is 3.41. The van der Waals surface area contributed by atoms with Gasteiger partial charge in [-0.2, -0.15) is 0 Å². The summed E-state index contributed by atoms with van der Waals surface area (Å²) in [6.07, 6.45) is 3.41. The van der Waals surface area contributed by atoms with Gasteiger partial charge in [-0.25, -0.2) is 4.98 Å². The fraction of sp³-hybridized carbons (Fsp3) is 0.263. The summed E-state index contributed by atoms with van der Waals surface area (Å²) in [5, 5.41) is 2.95. The van der Waals surface area contributed by atoms with Crippen molar-refractivity contribution < 1.29 is 9.53 Å². The first-order valence-electron chi connectivity index (χ1n) is 8.19. The van der Waals surface area contributed by atoms with Gasteiger partial charge in [-0.1, -0.05) is 19.1 Å². The Bertz CT molecular complexity index is 809. The summed E-state index contributed by atoms with van der Waals surface area (Å²) in [5.41, 5.74) is 3.53. The van der Waals surface area contributed by atoms with Crippen LogP contribution in [0.5, 0.6) is 5.75 Å². The number of carbonyl (C=O) groups excluding carboxylic acids is 1. The van der Waals surface area contributed by atoms with Crippen molar-refractivity contribution in [1.29, 1.82) is 0 Å². The minimum Gasteiger partial charge on any atom is -0.494 e. The van der Waals surface area contributed by atoms with Crippen LogP contribution in [0.3, 0.4) is 0 Å². The predicted octanol–water partition coefficient (Wildman–Crippen LogP) is 3.32. The second kappa shape index (κ2) is 7.64. The van der Waals surface area contributed by atoms with Gasteiger partial charge in [0.2, 0.25) is 0 Å². The van der Waals surface area contributed by atoms with E-state index < -0.39 is 0 Å². The van der Waals surface area contributed by atoms with Crippen LogP contribution in [-0.2, 0) is 6.42 Å². The summed E-state index contributed by atoms with van der Waals surface area (Å²) < 4.78 is 5.56. The van der Waals surface area contributed by atoms with Crippen molar-refractivity contribution in [3.8, 4) is 5.75 Å². The third kappa shape index (κ3) is 3.93. The minimum atomic E-state index is -0.0746. The Labute approximate surface area is 141 Å². The van der Waals surface area contributed by atoms with Crippen LogP contribution in [0, 0.1) is 0 Å².